The Morgan fingerprint density at radius 1 is 1.12 bits per heavy atom. The zero-order chi connectivity index (χ0) is 11.8. The molecule has 0 aliphatic heterocycles. The average molecular weight is 317 g/mol. The van der Waals surface area contributed by atoms with Crippen LogP contribution in [-0.4, -0.2) is 14.7 Å². The van der Waals surface area contributed by atoms with Gasteiger partial charge in [-0.3, -0.25) is 0 Å². The smallest absolute Gasteiger partial charge is 0.175 e. The van der Waals surface area contributed by atoms with Gasteiger partial charge >= 0.3 is 0 Å². The number of sulfone groups is 1. The standard InChI is InChI=1S/C11H9BrO2S2/c1-16(13,14)9-4-2-8(3-5-9)10-6-7-15-11(10)12/h2-7H,1H3. The highest BCUT2D eigenvalue weighted by Gasteiger charge is 2.08. The molecule has 0 saturated heterocycles. The van der Waals surface area contributed by atoms with Crippen molar-refractivity contribution in [3.05, 3.63) is 39.5 Å². The van der Waals surface area contributed by atoms with Crippen molar-refractivity contribution < 1.29 is 8.42 Å². The molecule has 0 radical (unpaired) electrons. The van der Waals surface area contributed by atoms with Crippen LogP contribution in [0.5, 0.6) is 0 Å². The quantitative estimate of drug-likeness (QED) is 0.848. The van der Waals surface area contributed by atoms with Crippen LogP contribution in [0, 0.1) is 0 Å². The molecule has 0 aliphatic carbocycles. The number of rotatable bonds is 2. The van der Waals surface area contributed by atoms with E-state index in [1.54, 1.807) is 23.5 Å². The minimum absolute atomic E-state index is 0.350. The second kappa shape index (κ2) is 4.31. The summed E-state index contributed by atoms with van der Waals surface area (Å²) in [5.74, 6) is 0. The fourth-order valence-corrected chi connectivity index (χ4v) is 3.33. The second-order valence-corrected chi connectivity index (χ2v) is 7.65. The lowest BCUT2D eigenvalue weighted by Gasteiger charge is -2.01. The van der Waals surface area contributed by atoms with Gasteiger partial charge in [-0.1, -0.05) is 12.1 Å². The highest BCUT2D eigenvalue weighted by Crippen LogP contribution is 2.33. The second-order valence-electron chi connectivity index (χ2n) is 3.40. The zero-order valence-electron chi connectivity index (χ0n) is 8.48. The molecule has 1 heterocycles. The molecule has 1 aromatic carbocycles. The molecule has 2 nitrogen and oxygen atoms in total. The van der Waals surface area contributed by atoms with Gasteiger partial charge in [-0.15, -0.1) is 11.3 Å². The van der Waals surface area contributed by atoms with Gasteiger partial charge in [0, 0.05) is 11.8 Å². The number of thiophene rings is 1. The number of hydrogen-bond acceptors (Lipinski definition) is 3. The molecule has 84 valence electrons. The van der Waals surface area contributed by atoms with E-state index in [2.05, 4.69) is 15.9 Å². The predicted octanol–water partition coefficient (Wildman–Crippen LogP) is 3.58. The Hall–Kier alpha value is -0.650. The van der Waals surface area contributed by atoms with E-state index >= 15 is 0 Å². The van der Waals surface area contributed by atoms with Crippen LogP contribution in [0.15, 0.2) is 44.4 Å². The maximum Gasteiger partial charge on any atom is 0.175 e. The van der Waals surface area contributed by atoms with Crippen LogP contribution in [0.2, 0.25) is 0 Å². The minimum Gasteiger partial charge on any atom is -0.224 e. The summed E-state index contributed by atoms with van der Waals surface area (Å²) in [7, 11) is -3.11. The molecule has 0 bridgehead atoms. The Labute approximate surface area is 107 Å². The molecule has 0 unspecified atom stereocenters. The van der Waals surface area contributed by atoms with Crippen LogP contribution in [0.3, 0.4) is 0 Å². The van der Waals surface area contributed by atoms with Gasteiger partial charge in [0.05, 0.1) is 8.68 Å². The van der Waals surface area contributed by atoms with Crippen molar-refractivity contribution in [3.63, 3.8) is 0 Å². The lowest BCUT2D eigenvalue weighted by atomic mass is 10.1. The summed E-state index contributed by atoms with van der Waals surface area (Å²) in [5, 5.41) is 1.99. The van der Waals surface area contributed by atoms with Gasteiger partial charge in [0.2, 0.25) is 0 Å². The maximum atomic E-state index is 11.3. The molecule has 0 saturated carbocycles. The van der Waals surface area contributed by atoms with E-state index in [1.165, 1.54) is 6.26 Å². The zero-order valence-corrected chi connectivity index (χ0v) is 11.7. The lowest BCUT2D eigenvalue weighted by molar-refractivity contribution is 0.602. The van der Waals surface area contributed by atoms with Crippen molar-refractivity contribution in [1.29, 1.82) is 0 Å². The number of benzene rings is 1. The molecule has 16 heavy (non-hydrogen) atoms. The van der Waals surface area contributed by atoms with Crippen LogP contribution < -0.4 is 0 Å². The van der Waals surface area contributed by atoms with Crippen molar-refractivity contribution in [2.24, 2.45) is 0 Å². The van der Waals surface area contributed by atoms with Gasteiger partial charge in [0.1, 0.15) is 0 Å². The molecule has 1 aromatic heterocycles. The third-order valence-corrected chi connectivity index (χ3v) is 5.03. The molecule has 0 amide bonds. The van der Waals surface area contributed by atoms with Crippen molar-refractivity contribution in [3.8, 4) is 11.1 Å². The van der Waals surface area contributed by atoms with Crippen LogP contribution in [0.1, 0.15) is 0 Å². The molecule has 2 aromatic rings. The Morgan fingerprint density at radius 3 is 2.19 bits per heavy atom. The summed E-state index contributed by atoms with van der Waals surface area (Å²) in [5.41, 5.74) is 2.10. The molecule has 2 rings (SSSR count). The van der Waals surface area contributed by atoms with E-state index in [4.69, 9.17) is 0 Å². The molecule has 0 atom stereocenters. The van der Waals surface area contributed by atoms with Crippen molar-refractivity contribution >= 4 is 37.1 Å². The van der Waals surface area contributed by atoms with Gasteiger partial charge in [0.25, 0.3) is 0 Å². The Balaban J connectivity index is 2.45. The van der Waals surface area contributed by atoms with Gasteiger partial charge < -0.3 is 0 Å². The van der Waals surface area contributed by atoms with E-state index in [0.717, 1.165) is 14.9 Å². The lowest BCUT2D eigenvalue weighted by Crippen LogP contribution is -1.96. The van der Waals surface area contributed by atoms with Gasteiger partial charge in [-0.05, 0) is 45.1 Å². The first-order valence-corrected chi connectivity index (χ1v) is 8.08. The van der Waals surface area contributed by atoms with Crippen molar-refractivity contribution in [2.75, 3.05) is 6.26 Å². The van der Waals surface area contributed by atoms with E-state index in [9.17, 15) is 8.42 Å². The summed E-state index contributed by atoms with van der Waals surface area (Å²) < 4.78 is 23.6. The third-order valence-electron chi connectivity index (χ3n) is 2.21. The molecule has 0 spiro atoms. The Morgan fingerprint density at radius 2 is 1.75 bits per heavy atom. The van der Waals surface area contributed by atoms with Crippen LogP contribution in [0.25, 0.3) is 11.1 Å². The van der Waals surface area contributed by atoms with Crippen LogP contribution in [0.4, 0.5) is 0 Å². The van der Waals surface area contributed by atoms with Crippen molar-refractivity contribution in [1.82, 2.24) is 0 Å². The van der Waals surface area contributed by atoms with Gasteiger partial charge in [-0.2, -0.15) is 0 Å². The predicted molar refractivity (Wildman–Crippen MR) is 70.6 cm³/mol. The van der Waals surface area contributed by atoms with Gasteiger partial charge in [-0.25, -0.2) is 8.42 Å². The largest absolute Gasteiger partial charge is 0.224 e. The highest BCUT2D eigenvalue weighted by molar-refractivity contribution is 9.11. The molecule has 5 heteroatoms. The summed E-state index contributed by atoms with van der Waals surface area (Å²) in [6.07, 6.45) is 1.21. The SMILES string of the molecule is CS(=O)(=O)c1ccc(-c2ccsc2Br)cc1. The van der Waals surface area contributed by atoms with Crippen LogP contribution >= 0.6 is 27.3 Å². The number of hydrogen-bond donors (Lipinski definition) is 0. The summed E-state index contributed by atoms with van der Waals surface area (Å²) >= 11 is 5.07. The normalized spacial score (nSPS) is 11.6. The fraction of sp³-hybridized carbons (Fsp3) is 0.0909. The maximum absolute atomic E-state index is 11.3. The summed E-state index contributed by atoms with van der Waals surface area (Å²) in [4.78, 5) is 0.350. The molecular formula is C11H9BrO2S2. The number of halogens is 1. The van der Waals surface area contributed by atoms with E-state index in [1.807, 2.05) is 23.6 Å². The summed E-state index contributed by atoms with van der Waals surface area (Å²) in [6, 6.07) is 8.92. The first-order chi connectivity index (χ1) is 7.48. The molecular weight excluding hydrogens is 308 g/mol. The van der Waals surface area contributed by atoms with Crippen molar-refractivity contribution in [2.45, 2.75) is 4.90 Å². The van der Waals surface area contributed by atoms with E-state index < -0.39 is 9.84 Å². The third kappa shape index (κ3) is 2.36. The Kier molecular flexibility index (Phi) is 3.19. The molecule has 0 fully saturated rings. The Bertz CT molecular complexity index is 597. The first kappa shape index (κ1) is 11.8. The van der Waals surface area contributed by atoms with E-state index in [0.29, 0.717) is 4.90 Å². The highest BCUT2D eigenvalue weighted by atomic mass is 79.9. The van der Waals surface area contributed by atoms with Gasteiger partial charge in [0.15, 0.2) is 9.84 Å². The first-order valence-electron chi connectivity index (χ1n) is 4.52. The fourth-order valence-electron chi connectivity index (χ4n) is 1.38. The summed E-state index contributed by atoms with van der Waals surface area (Å²) in [6.45, 7) is 0. The monoisotopic (exact) mass is 316 g/mol. The minimum atomic E-state index is -3.11. The van der Waals surface area contributed by atoms with Crippen LogP contribution in [-0.2, 0) is 9.84 Å². The molecule has 0 N–H and O–H groups in total. The topological polar surface area (TPSA) is 34.1 Å². The average Bonchev–Trinajstić information content (AvgIpc) is 2.63. The van der Waals surface area contributed by atoms with E-state index in [-0.39, 0.29) is 0 Å². The molecule has 0 aliphatic rings.